The smallest absolute Gasteiger partial charge is 0.337 e. The molecule has 0 aliphatic carbocycles. The summed E-state index contributed by atoms with van der Waals surface area (Å²) in [6, 6.07) is 12.4. The highest BCUT2D eigenvalue weighted by Crippen LogP contribution is 2.26. The summed E-state index contributed by atoms with van der Waals surface area (Å²) < 4.78 is 20.5. The average molecular weight is 422 g/mol. The minimum Gasteiger partial charge on any atom is -0.479 e. The molecular formula is C21H15FN4O5. The molecule has 0 fully saturated rings. The predicted octanol–water partition coefficient (Wildman–Crippen LogP) is 3.30. The van der Waals surface area contributed by atoms with Crippen LogP contribution in [-0.4, -0.2) is 43.0 Å². The number of aromatic nitrogens is 3. The minimum absolute atomic E-state index is 0.221. The van der Waals surface area contributed by atoms with Gasteiger partial charge in [-0.2, -0.15) is 5.10 Å². The quantitative estimate of drug-likeness (QED) is 0.387. The number of carbonyl (C=O) groups is 2. The molecular weight excluding hydrogens is 407 g/mol. The Morgan fingerprint density at radius 2 is 1.74 bits per heavy atom. The number of anilines is 1. The molecule has 2 aromatic carbocycles. The van der Waals surface area contributed by atoms with Gasteiger partial charge in [-0.3, -0.25) is 0 Å². The van der Waals surface area contributed by atoms with Crippen molar-refractivity contribution in [3.63, 3.8) is 0 Å². The number of hydrogen-bond donors (Lipinski definition) is 3. The molecule has 9 nitrogen and oxygen atoms in total. The summed E-state index contributed by atoms with van der Waals surface area (Å²) in [6.45, 7) is 0. The highest BCUT2D eigenvalue weighted by molar-refractivity contribution is 6.00. The number of hydrogen-bond acceptors (Lipinski definition) is 6. The van der Waals surface area contributed by atoms with Gasteiger partial charge in [0, 0.05) is 11.5 Å². The van der Waals surface area contributed by atoms with Gasteiger partial charge in [0.25, 0.3) is 0 Å². The molecule has 0 saturated carbocycles. The van der Waals surface area contributed by atoms with Gasteiger partial charge in [-0.05, 0) is 48.5 Å². The van der Waals surface area contributed by atoms with Crippen LogP contribution in [0.15, 0.2) is 67.0 Å². The van der Waals surface area contributed by atoms with Gasteiger partial charge in [-0.15, -0.1) is 0 Å². The number of aliphatic carboxylic acids is 2. The van der Waals surface area contributed by atoms with Crippen LogP contribution >= 0.6 is 0 Å². The van der Waals surface area contributed by atoms with E-state index in [1.165, 1.54) is 30.5 Å². The van der Waals surface area contributed by atoms with E-state index in [4.69, 9.17) is 14.9 Å². The Kier molecular flexibility index (Phi) is 5.19. The van der Waals surface area contributed by atoms with Gasteiger partial charge in [0.15, 0.2) is 0 Å². The second-order valence-corrected chi connectivity index (χ2v) is 6.49. The van der Waals surface area contributed by atoms with Gasteiger partial charge < -0.3 is 20.3 Å². The number of ether oxygens (including phenoxy) is 1. The van der Waals surface area contributed by atoms with Crippen LogP contribution in [0.5, 0.6) is 11.6 Å². The van der Waals surface area contributed by atoms with E-state index in [0.29, 0.717) is 5.75 Å². The molecule has 10 heteroatoms. The summed E-state index contributed by atoms with van der Waals surface area (Å²) in [5.41, 5.74) is 1.74. The van der Waals surface area contributed by atoms with E-state index in [0.717, 1.165) is 16.6 Å². The summed E-state index contributed by atoms with van der Waals surface area (Å²) in [7, 11) is 0. The van der Waals surface area contributed by atoms with Gasteiger partial charge in [-0.1, -0.05) is 0 Å². The molecule has 3 N–H and O–H groups in total. The molecule has 2 heterocycles. The van der Waals surface area contributed by atoms with Crippen LogP contribution in [0, 0.1) is 5.82 Å². The second-order valence-electron chi connectivity index (χ2n) is 6.49. The Balaban J connectivity index is 1.50. The maximum absolute atomic E-state index is 13.2. The highest BCUT2D eigenvalue weighted by atomic mass is 19.1. The summed E-state index contributed by atoms with van der Waals surface area (Å²) in [5, 5.41) is 25.3. The summed E-state index contributed by atoms with van der Waals surface area (Å²) in [4.78, 5) is 26.0. The van der Waals surface area contributed by atoms with Crippen molar-refractivity contribution >= 4 is 28.5 Å². The fraction of sp³-hybridized carbons (Fsp3) is 0.0476. The van der Waals surface area contributed by atoms with Crippen LogP contribution in [0.25, 0.3) is 16.6 Å². The van der Waals surface area contributed by atoms with Crippen LogP contribution in [0.1, 0.15) is 0 Å². The zero-order valence-electron chi connectivity index (χ0n) is 15.8. The summed E-state index contributed by atoms with van der Waals surface area (Å²) >= 11 is 0. The summed E-state index contributed by atoms with van der Waals surface area (Å²) in [5.74, 6) is -2.62. The zero-order chi connectivity index (χ0) is 22.0. The molecule has 0 saturated heterocycles. The number of nitrogens with zero attached hydrogens (tertiary/aromatic N) is 3. The van der Waals surface area contributed by atoms with Crippen LogP contribution in [0.3, 0.4) is 0 Å². The number of carboxylic acid groups (broad SMARTS) is 2. The molecule has 0 radical (unpaired) electrons. The third kappa shape index (κ3) is 4.27. The first kappa shape index (κ1) is 19.8. The number of fused-ring (bicyclic) bond motifs is 1. The van der Waals surface area contributed by atoms with E-state index in [-0.39, 0.29) is 17.4 Å². The van der Waals surface area contributed by atoms with Crippen LogP contribution in [0.2, 0.25) is 0 Å². The van der Waals surface area contributed by atoms with Crippen LogP contribution < -0.4 is 10.1 Å². The van der Waals surface area contributed by atoms with Crippen molar-refractivity contribution in [3.05, 3.63) is 72.8 Å². The fourth-order valence-corrected chi connectivity index (χ4v) is 2.91. The van der Waals surface area contributed by atoms with Gasteiger partial charge in [0.1, 0.15) is 11.6 Å². The van der Waals surface area contributed by atoms with Gasteiger partial charge in [0.2, 0.25) is 11.9 Å². The topological polar surface area (TPSA) is 127 Å². The molecule has 0 amide bonds. The molecule has 0 unspecified atom stereocenters. The standard InChI is InChI=1S/C21H15FN4O5/c22-13-1-4-15(5-2-13)26-17-7-6-16(9-12(17)10-24-26)31-18-8-3-14(11-23-18)25-19(20(27)28)21(29)30/h1-11,19,25H,(H,27,28)(H,29,30). The second kappa shape index (κ2) is 8.11. The van der Waals surface area contributed by atoms with Crippen LogP contribution in [0.4, 0.5) is 10.1 Å². The maximum Gasteiger partial charge on any atom is 0.337 e. The molecule has 0 bridgehead atoms. The SMILES string of the molecule is O=C(O)C(Nc1ccc(Oc2ccc3c(cnn3-c3ccc(F)cc3)c2)nc1)C(=O)O. The van der Waals surface area contributed by atoms with Crippen LogP contribution in [-0.2, 0) is 9.59 Å². The zero-order valence-corrected chi connectivity index (χ0v) is 15.8. The number of nitrogens with one attached hydrogen (secondary N) is 1. The maximum atomic E-state index is 13.2. The Labute approximate surface area is 174 Å². The molecule has 0 atom stereocenters. The normalized spacial score (nSPS) is 10.9. The van der Waals surface area contributed by atoms with Crippen molar-refractivity contribution < 1.29 is 28.9 Å². The molecule has 0 aliphatic rings. The van der Waals surface area contributed by atoms with Gasteiger partial charge in [0.05, 0.1) is 29.3 Å². The van der Waals surface area contributed by atoms with Gasteiger partial charge in [-0.25, -0.2) is 23.6 Å². The predicted molar refractivity (Wildman–Crippen MR) is 108 cm³/mol. The Bertz CT molecular complexity index is 1240. The first-order valence-electron chi connectivity index (χ1n) is 9.00. The Morgan fingerprint density at radius 1 is 1.00 bits per heavy atom. The van der Waals surface area contributed by atoms with Crippen molar-refractivity contribution in [1.82, 2.24) is 14.8 Å². The minimum atomic E-state index is -1.78. The Hall–Kier alpha value is -4.47. The van der Waals surface area contributed by atoms with E-state index in [1.54, 1.807) is 41.2 Å². The number of rotatable bonds is 7. The van der Waals surface area contributed by atoms with E-state index in [9.17, 15) is 14.0 Å². The summed E-state index contributed by atoms with van der Waals surface area (Å²) in [6.07, 6.45) is 2.93. The molecule has 0 spiro atoms. The molecule has 4 aromatic rings. The average Bonchev–Trinajstić information content (AvgIpc) is 3.16. The van der Waals surface area contributed by atoms with Crippen molar-refractivity contribution in [2.24, 2.45) is 0 Å². The third-order valence-corrected chi connectivity index (χ3v) is 4.37. The monoisotopic (exact) mass is 422 g/mol. The first-order chi connectivity index (χ1) is 14.9. The van der Waals surface area contributed by atoms with Gasteiger partial charge >= 0.3 is 11.9 Å². The lowest BCUT2D eigenvalue weighted by Gasteiger charge is -2.11. The fourth-order valence-electron chi connectivity index (χ4n) is 2.91. The van der Waals surface area contributed by atoms with E-state index >= 15 is 0 Å². The van der Waals surface area contributed by atoms with E-state index in [1.807, 2.05) is 0 Å². The third-order valence-electron chi connectivity index (χ3n) is 4.37. The lowest BCUT2D eigenvalue weighted by atomic mass is 10.2. The van der Waals surface area contributed by atoms with E-state index in [2.05, 4.69) is 15.4 Å². The molecule has 156 valence electrons. The van der Waals surface area contributed by atoms with Crippen molar-refractivity contribution in [2.45, 2.75) is 6.04 Å². The number of carboxylic acids is 2. The van der Waals surface area contributed by atoms with Crippen molar-refractivity contribution in [3.8, 4) is 17.3 Å². The molecule has 2 aromatic heterocycles. The van der Waals surface area contributed by atoms with Crippen molar-refractivity contribution in [1.29, 1.82) is 0 Å². The molecule has 31 heavy (non-hydrogen) atoms. The van der Waals surface area contributed by atoms with E-state index < -0.39 is 18.0 Å². The largest absolute Gasteiger partial charge is 0.479 e. The van der Waals surface area contributed by atoms with Crippen molar-refractivity contribution in [2.75, 3.05) is 5.32 Å². The number of benzene rings is 2. The Morgan fingerprint density at radius 3 is 2.39 bits per heavy atom. The lowest BCUT2D eigenvalue weighted by Crippen LogP contribution is -2.37. The molecule has 0 aliphatic heterocycles. The molecule has 4 rings (SSSR count). The highest BCUT2D eigenvalue weighted by Gasteiger charge is 2.25. The number of halogens is 1. The first-order valence-corrected chi connectivity index (χ1v) is 9.00. The lowest BCUT2D eigenvalue weighted by molar-refractivity contribution is -0.148. The number of pyridine rings is 1.